The minimum absolute atomic E-state index is 0.161. The molecule has 0 aromatic heterocycles. The molecule has 0 aliphatic heterocycles. The van der Waals surface area contributed by atoms with E-state index in [0.717, 1.165) is 16.0 Å². The molecule has 126 valence electrons. The fourth-order valence-corrected chi connectivity index (χ4v) is 3.06. The van der Waals surface area contributed by atoms with Crippen molar-refractivity contribution in [1.82, 2.24) is 0 Å². The number of halogens is 1. The summed E-state index contributed by atoms with van der Waals surface area (Å²) in [6, 6.07) is 12.8. The van der Waals surface area contributed by atoms with Crippen LogP contribution in [0.1, 0.15) is 11.1 Å². The van der Waals surface area contributed by atoms with Gasteiger partial charge in [-0.25, -0.2) is 0 Å². The number of amides is 1. The van der Waals surface area contributed by atoms with Gasteiger partial charge in [-0.3, -0.25) is 9.59 Å². The third-order valence-electron chi connectivity index (χ3n) is 3.16. The number of benzene rings is 2. The number of nitrogens with one attached hydrogen (secondary N) is 1. The number of carbonyl (C=O) groups excluding carboxylic acids is 2. The molecular formula is C18H18ClNO3S. The Kier molecular flexibility index (Phi) is 6.70. The fourth-order valence-electron chi connectivity index (χ4n) is 1.95. The molecule has 4 nitrogen and oxygen atoms in total. The minimum atomic E-state index is -0.429. The van der Waals surface area contributed by atoms with E-state index in [4.69, 9.17) is 16.3 Å². The highest BCUT2D eigenvalue weighted by atomic mass is 35.5. The first kappa shape index (κ1) is 18.4. The monoisotopic (exact) mass is 363 g/mol. The van der Waals surface area contributed by atoms with Crippen LogP contribution in [0.5, 0.6) is 0 Å². The third-order valence-corrected chi connectivity index (χ3v) is 4.53. The van der Waals surface area contributed by atoms with E-state index in [1.54, 1.807) is 24.3 Å². The average Bonchev–Trinajstić information content (AvgIpc) is 2.54. The number of hydrogen-bond donors (Lipinski definition) is 1. The Labute approximate surface area is 150 Å². The molecule has 0 saturated carbocycles. The predicted octanol–water partition coefficient (Wildman–Crippen LogP) is 4.23. The molecule has 0 aliphatic rings. The number of anilines is 1. The Bertz CT molecular complexity index is 749. The van der Waals surface area contributed by atoms with Crippen molar-refractivity contribution in [3.05, 3.63) is 58.6 Å². The zero-order valence-electron chi connectivity index (χ0n) is 13.5. The van der Waals surface area contributed by atoms with Crippen molar-refractivity contribution in [1.29, 1.82) is 0 Å². The van der Waals surface area contributed by atoms with Gasteiger partial charge in [-0.05, 0) is 43.7 Å². The van der Waals surface area contributed by atoms with Crippen LogP contribution in [0.25, 0.3) is 0 Å². The first-order chi connectivity index (χ1) is 11.4. The molecule has 0 heterocycles. The van der Waals surface area contributed by atoms with Gasteiger partial charge in [-0.15, -0.1) is 11.8 Å². The molecule has 0 spiro atoms. The number of thioether (sulfide) groups is 1. The van der Waals surface area contributed by atoms with E-state index in [1.807, 2.05) is 32.0 Å². The van der Waals surface area contributed by atoms with Gasteiger partial charge in [0.2, 0.25) is 0 Å². The zero-order chi connectivity index (χ0) is 17.5. The number of hydrogen-bond acceptors (Lipinski definition) is 4. The molecule has 2 aromatic carbocycles. The van der Waals surface area contributed by atoms with Gasteiger partial charge >= 0.3 is 5.97 Å². The topological polar surface area (TPSA) is 55.4 Å². The van der Waals surface area contributed by atoms with Gasteiger partial charge in [0.15, 0.2) is 6.61 Å². The van der Waals surface area contributed by atoms with Crippen LogP contribution in [-0.4, -0.2) is 24.2 Å². The molecule has 24 heavy (non-hydrogen) atoms. The van der Waals surface area contributed by atoms with Crippen LogP contribution in [0, 0.1) is 13.8 Å². The Morgan fingerprint density at radius 3 is 2.71 bits per heavy atom. The number of carbonyl (C=O) groups is 2. The lowest BCUT2D eigenvalue weighted by atomic mass is 10.2. The summed E-state index contributed by atoms with van der Waals surface area (Å²) in [5.74, 6) is -0.668. The molecule has 1 amide bonds. The van der Waals surface area contributed by atoms with E-state index >= 15 is 0 Å². The van der Waals surface area contributed by atoms with Gasteiger partial charge in [0.25, 0.3) is 5.91 Å². The van der Waals surface area contributed by atoms with Crippen molar-refractivity contribution >= 4 is 40.9 Å². The summed E-state index contributed by atoms with van der Waals surface area (Å²) in [6.45, 7) is 3.67. The quantitative estimate of drug-likeness (QED) is 0.616. The Hall–Kier alpha value is -1.98. The SMILES string of the molecule is Cc1ccc(C)c(SCC(=O)OCC(=O)Nc2cccc(Cl)c2)c1. The van der Waals surface area contributed by atoms with Crippen LogP contribution in [0.4, 0.5) is 5.69 Å². The van der Waals surface area contributed by atoms with Gasteiger partial charge in [0.05, 0.1) is 5.75 Å². The summed E-state index contributed by atoms with van der Waals surface area (Å²) >= 11 is 7.24. The van der Waals surface area contributed by atoms with Gasteiger partial charge < -0.3 is 10.1 Å². The van der Waals surface area contributed by atoms with E-state index in [-0.39, 0.29) is 12.4 Å². The average molecular weight is 364 g/mol. The van der Waals surface area contributed by atoms with Crippen molar-refractivity contribution in [3.8, 4) is 0 Å². The van der Waals surface area contributed by atoms with Crippen LogP contribution in [0.3, 0.4) is 0 Å². The minimum Gasteiger partial charge on any atom is -0.455 e. The molecular weight excluding hydrogens is 346 g/mol. The summed E-state index contributed by atoms with van der Waals surface area (Å²) < 4.78 is 4.99. The summed E-state index contributed by atoms with van der Waals surface area (Å²) in [5.41, 5.74) is 2.81. The number of rotatable bonds is 6. The van der Waals surface area contributed by atoms with Gasteiger partial charge in [0, 0.05) is 15.6 Å². The van der Waals surface area contributed by atoms with Crippen LogP contribution in [-0.2, 0) is 14.3 Å². The fraction of sp³-hybridized carbons (Fsp3) is 0.222. The molecule has 6 heteroatoms. The highest BCUT2D eigenvalue weighted by molar-refractivity contribution is 8.00. The molecule has 1 N–H and O–H groups in total. The summed E-state index contributed by atoms with van der Waals surface area (Å²) in [5, 5.41) is 3.14. The standard InChI is InChI=1S/C18H18ClNO3S/c1-12-6-7-13(2)16(8-12)24-11-18(22)23-10-17(21)20-15-5-3-4-14(19)9-15/h3-9H,10-11H2,1-2H3,(H,20,21). The molecule has 0 saturated heterocycles. The lowest BCUT2D eigenvalue weighted by Crippen LogP contribution is -2.21. The van der Waals surface area contributed by atoms with Gasteiger partial charge in [-0.1, -0.05) is 35.4 Å². The maximum Gasteiger partial charge on any atom is 0.316 e. The van der Waals surface area contributed by atoms with Crippen LogP contribution < -0.4 is 5.32 Å². The molecule has 2 aromatic rings. The number of esters is 1. The van der Waals surface area contributed by atoms with E-state index in [0.29, 0.717) is 10.7 Å². The summed E-state index contributed by atoms with van der Waals surface area (Å²) in [7, 11) is 0. The molecule has 0 aliphatic carbocycles. The highest BCUT2D eigenvalue weighted by Gasteiger charge is 2.10. The second-order valence-corrected chi connectivity index (χ2v) is 6.73. The molecule has 0 unspecified atom stereocenters. The lowest BCUT2D eigenvalue weighted by molar-refractivity contribution is -0.144. The highest BCUT2D eigenvalue weighted by Crippen LogP contribution is 2.23. The van der Waals surface area contributed by atoms with Gasteiger partial charge in [0.1, 0.15) is 0 Å². The molecule has 0 atom stereocenters. The molecule has 2 rings (SSSR count). The Morgan fingerprint density at radius 1 is 1.17 bits per heavy atom. The van der Waals surface area contributed by atoms with Crippen LogP contribution >= 0.6 is 23.4 Å². The molecule has 0 fully saturated rings. The van der Waals surface area contributed by atoms with E-state index in [9.17, 15) is 9.59 Å². The van der Waals surface area contributed by atoms with Crippen molar-refractivity contribution in [2.45, 2.75) is 18.7 Å². The van der Waals surface area contributed by atoms with Crippen molar-refractivity contribution in [2.75, 3.05) is 17.7 Å². The van der Waals surface area contributed by atoms with Crippen molar-refractivity contribution in [2.24, 2.45) is 0 Å². The lowest BCUT2D eigenvalue weighted by Gasteiger charge is -2.08. The second kappa shape index (κ2) is 8.76. The van der Waals surface area contributed by atoms with Crippen LogP contribution in [0.2, 0.25) is 5.02 Å². The van der Waals surface area contributed by atoms with Crippen molar-refractivity contribution < 1.29 is 14.3 Å². The van der Waals surface area contributed by atoms with Gasteiger partial charge in [-0.2, -0.15) is 0 Å². The Morgan fingerprint density at radius 2 is 1.96 bits per heavy atom. The van der Waals surface area contributed by atoms with Crippen LogP contribution in [0.15, 0.2) is 47.4 Å². The largest absolute Gasteiger partial charge is 0.455 e. The molecule has 0 radical (unpaired) electrons. The van der Waals surface area contributed by atoms with Crippen molar-refractivity contribution in [3.63, 3.8) is 0 Å². The molecule has 0 bridgehead atoms. The maximum atomic E-state index is 11.8. The summed E-state index contributed by atoms with van der Waals surface area (Å²) in [4.78, 5) is 24.6. The number of ether oxygens (including phenoxy) is 1. The van der Waals surface area contributed by atoms with E-state index in [1.165, 1.54) is 11.8 Å². The Balaban J connectivity index is 1.76. The summed E-state index contributed by atoms with van der Waals surface area (Å²) in [6.07, 6.45) is 0. The van der Waals surface area contributed by atoms with E-state index < -0.39 is 11.9 Å². The number of aryl methyl sites for hydroxylation is 2. The van der Waals surface area contributed by atoms with E-state index in [2.05, 4.69) is 5.32 Å². The normalized spacial score (nSPS) is 10.3. The third kappa shape index (κ3) is 5.91. The zero-order valence-corrected chi connectivity index (χ0v) is 15.0. The predicted molar refractivity (Wildman–Crippen MR) is 97.7 cm³/mol. The smallest absolute Gasteiger partial charge is 0.316 e. The second-order valence-electron chi connectivity index (χ2n) is 5.28. The first-order valence-corrected chi connectivity index (χ1v) is 8.71. The first-order valence-electron chi connectivity index (χ1n) is 7.35. The maximum absolute atomic E-state index is 11.8.